The predicted molar refractivity (Wildman–Crippen MR) is 47.3 cm³/mol. The third-order valence-corrected chi connectivity index (χ3v) is 1.58. The number of aromatic nitrogens is 4. The van der Waals surface area contributed by atoms with Gasteiger partial charge in [-0.1, -0.05) is 0 Å². The number of carboxylic acid groups (broad SMARTS) is 1. The first-order valence-corrected chi connectivity index (χ1v) is 3.81. The number of aromatic amines is 2. The fraction of sp³-hybridized carbons (Fsp3) is 0. The topological polar surface area (TPSA) is 97.9 Å². The standard InChI is InChI=1S/C7H7N5O2/c13-7(14)12(5-8-1-2-9-5)6-10-3-4-11-6/h1-4H,(H,8,9)(H,10,11)(H,13,14). The van der Waals surface area contributed by atoms with Gasteiger partial charge in [0, 0.05) is 24.8 Å². The van der Waals surface area contributed by atoms with Crippen molar-refractivity contribution in [2.45, 2.75) is 0 Å². The van der Waals surface area contributed by atoms with Crippen LogP contribution in [0.2, 0.25) is 0 Å². The minimum absolute atomic E-state index is 0.201. The molecule has 0 spiro atoms. The highest BCUT2D eigenvalue weighted by atomic mass is 16.4. The van der Waals surface area contributed by atoms with Crippen molar-refractivity contribution >= 4 is 18.0 Å². The van der Waals surface area contributed by atoms with E-state index in [1.54, 1.807) is 0 Å². The Labute approximate surface area is 78.4 Å². The fourth-order valence-corrected chi connectivity index (χ4v) is 1.04. The Morgan fingerprint density at radius 3 is 2.00 bits per heavy atom. The summed E-state index contributed by atoms with van der Waals surface area (Å²) in [5.74, 6) is 0.403. The average molecular weight is 193 g/mol. The number of anilines is 2. The van der Waals surface area contributed by atoms with E-state index in [-0.39, 0.29) is 11.9 Å². The van der Waals surface area contributed by atoms with E-state index in [1.807, 2.05) is 0 Å². The highest BCUT2D eigenvalue weighted by Crippen LogP contribution is 2.16. The second-order valence-electron chi connectivity index (χ2n) is 2.44. The van der Waals surface area contributed by atoms with E-state index >= 15 is 0 Å². The molecule has 0 fully saturated rings. The Morgan fingerprint density at radius 2 is 1.71 bits per heavy atom. The summed E-state index contributed by atoms with van der Waals surface area (Å²) in [5.41, 5.74) is 0. The number of rotatable bonds is 2. The normalized spacial score (nSPS) is 10.0. The number of imidazole rings is 2. The van der Waals surface area contributed by atoms with Crippen molar-refractivity contribution in [1.82, 2.24) is 19.9 Å². The van der Waals surface area contributed by atoms with Gasteiger partial charge in [0.25, 0.3) is 0 Å². The number of carbonyl (C=O) groups is 1. The molecule has 2 heterocycles. The third kappa shape index (κ3) is 1.30. The van der Waals surface area contributed by atoms with Crippen LogP contribution in [0.25, 0.3) is 0 Å². The molecule has 0 saturated carbocycles. The van der Waals surface area contributed by atoms with Gasteiger partial charge in [-0.2, -0.15) is 4.90 Å². The minimum Gasteiger partial charge on any atom is -0.464 e. The molecule has 0 aliphatic carbocycles. The zero-order valence-corrected chi connectivity index (χ0v) is 7.01. The van der Waals surface area contributed by atoms with E-state index < -0.39 is 6.09 Å². The van der Waals surface area contributed by atoms with Crippen molar-refractivity contribution in [3.05, 3.63) is 24.8 Å². The molecule has 0 atom stereocenters. The Hall–Kier alpha value is -2.31. The molecule has 0 radical (unpaired) electrons. The fourth-order valence-electron chi connectivity index (χ4n) is 1.04. The molecule has 0 aliphatic rings. The van der Waals surface area contributed by atoms with E-state index in [4.69, 9.17) is 5.11 Å². The number of hydrogen-bond donors (Lipinski definition) is 3. The summed E-state index contributed by atoms with van der Waals surface area (Å²) in [6.45, 7) is 0. The molecule has 0 bridgehead atoms. The Balaban J connectivity index is 2.40. The maximum atomic E-state index is 10.9. The Morgan fingerprint density at radius 1 is 1.21 bits per heavy atom. The van der Waals surface area contributed by atoms with Gasteiger partial charge in [0.05, 0.1) is 0 Å². The first-order valence-electron chi connectivity index (χ1n) is 3.81. The molecule has 72 valence electrons. The van der Waals surface area contributed by atoms with E-state index in [9.17, 15) is 4.79 Å². The molecular weight excluding hydrogens is 186 g/mol. The number of nitrogens with zero attached hydrogens (tertiary/aromatic N) is 3. The number of nitrogens with one attached hydrogen (secondary N) is 2. The van der Waals surface area contributed by atoms with Gasteiger partial charge in [-0.3, -0.25) is 0 Å². The minimum atomic E-state index is -1.16. The van der Waals surface area contributed by atoms with Gasteiger partial charge in [0.15, 0.2) is 0 Å². The smallest absolute Gasteiger partial charge is 0.421 e. The van der Waals surface area contributed by atoms with E-state index in [1.165, 1.54) is 24.8 Å². The molecule has 1 amide bonds. The molecule has 2 rings (SSSR count). The highest BCUT2D eigenvalue weighted by Gasteiger charge is 2.20. The van der Waals surface area contributed by atoms with E-state index in [2.05, 4.69) is 19.9 Å². The van der Waals surface area contributed by atoms with Crippen LogP contribution in [0.15, 0.2) is 24.8 Å². The lowest BCUT2D eigenvalue weighted by atomic mass is 10.7. The molecule has 2 aromatic rings. The molecule has 2 aromatic heterocycles. The summed E-state index contributed by atoms with van der Waals surface area (Å²) in [6, 6.07) is 0. The van der Waals surface area contributed by atoms with Crippen LogP contribution in [0.5, 0.6) is 0 Å². The van der Waals surface area contributed by atoms with E-state index in [0.29, 0.717) is 0 Å². The molecule has 7 heteroatoms. The summed E-state index contributed by atoms with van der Waals surface area (Å²) in [4.78, 5) is 24.8. The summed E-state index contributed by atoms with van der Waals surface area (Å²) in [5, 5.41) is 8.92. The third-order valence-electron chi connectivity index (χ3n) is 1.58. The van der Waals surface area contributed by atoms with Gasteiger partial charge in [-0.15, -0.1) is 0 Å². The molecule has 3 N–H and O–H groups in total. The average Bonchev–Trinajstić information content (AvgIpc) is 2.75. The van der Waals surface area contributed by atoms with Crippen LogP contribution < -0.4 is 4.90 Å². The van der Waals surface area contributed by atoms with Crippen LogP contribution in [0.4, 0.5) is 16.7 Å². The summed E-state index contributed by atoms with van der Waals surface area (Å²) in [6.07, 6.45) is 4.85. The molecule has 0 saturated heterocycles. The summed E-state index contributed by atoms with van der Waals surface area (Å²) < 4.78 is 0. The van der Waals surface area contributed by atoms with Crippen molar-refractivity contribution in [1.29, 1.82) is 0 Å². The van der Waals surface area contributed by atoms with Crippen LogP contribution in [0.1, 0.15) is 0 Å². The zero-order valence-electron chi connectivity index (χ0n) is 7.01. The van der Waals surface area contributed by atoms with Crippen LogP contribution in [-0.2, 0) is 0 Å². The molecule has 0 unspecified atom stereocenters. The Kier molecular flexibility index (Phi) is 1.90. The van der Waals surface area contributed by atoms with Gasteiger partial charge < -0.3 is 15.1 Å². The second-order valence-corrected chi connectivity index (χ2v) is 2.44. The molecule has 0 aromatic carbocycles. The first-order chi connectivity index (χ1) is 6.79. The van der Waals surface area contributed by atoms with Crippen LogP contribution in [0.3, 0.4) is 0 Å². The summed E-state index contributed by atoms with van der Waals surface area (Å²) >= 11 is 0. The van der Waals surface area contributed by atoms with Crippen molar-refractivity contribution in [3.63, 3.8) is 0 Å². The van der Waals surface area contributed by atoms with Crippen molar-refractivity contribution in [2.75, 3.05) is 4.90 Å². The summed E-state index contributed by atoms with van der Waals surface area (Å²) in [7, 11) is 0. The number of hydrogen-bond acceptors (Lipinski definition) is 3. The van der Waals surface area contributed by atoms with Crippen LogP contribution >= 0.6 is 0 Å². The lowest BCUT2D eigenvalue weighted by molar-refractivity contribution is 0.204. The molecule has 7 nitrogen and oxygen atoms in total. The van der Waals surface area contributed by atoms with Crippen LogP contribution in [0, 0.1) is 0 Å². The predicted octanol–water partition coefficient (Wildman–Crippen LogP) is 0.949. The van der Waals surface area contributed by atoms with Gasteiger partial charge >= 0.3 is 6.09 Å². The van der Waals surface area contributed by atoms with Crippen molar-refractivity contribution in [2.24, 2.45) is 0 Å². The first kappa shape index (κ1) is 8.30. The van der Waals surface area contributed by atoms with E-state index in [0.717, 1.165) is 4.90 Å². The molecular formula is C7H7N5O2. The van der Waals surface area contributed by atoms with Gasteiger partial charge in [-0.25, -0.2) is 14.8 Å². The number of amides is 1. The largest absolute Gasteiger partial charge is 0.464 e. The lowest BCUT2D eigenvalue weighted by Gasteiger charge is -2.11. The van der Waals surface area contributed by atoms with Crippen LogP contribution in [-0.4, -0.2) is 31.1 Å². The molecule has 0 aliphatic heterocycles. The van der Waals surface area contributed by atoms with Gasteiger partial charge in [-0.05, 0) is 0 Å². The maximum absolute atomic E-state index is 10.9. The quantitative estimate of drug-likeness (QED) is 0.661. The number of H-pyrrole nitrogens is 2. The van der Waals surface area contributed by atoms with Crippen molar-refractivity contribution < 1.29 is 9.90 Å². The Bertz CT molecular complexity index is 373. The highest BCUT2D eigenvalue weighted by molar-refractivity contribution is 5.90. The SMILES string of the molecule is O=C(O)N(c1ncc[nH]1)c1ncc[nH]1. The maximum Gasteiger partial charge on any atom is 0.421 e. The second kappa shape index (κ2) is 3.21. The molecule has 14 heavy (non-hydrogen) atoms. The monoisotopic (exact) mass is 193 g/mol. The van der Waals surface area contributed by atoms with Crippen molar-refractivity contribution in [3.8, 4) is 0 Å². The van der Waals surface area contributed by atoms with Gasteiger partial charge in [0.2, 0.25) is 11.9 Å². The lowest BCUT2D eigenvalue weighted by Crippen LogP contribution is -2.25. The zero-order chi connectivity index (χ0) is 9.97. The van der Waals surface area contributed by atoms with Gasteiger partial charge in [0.1, 0.15) is 0 Å².